The van der Waals surface area contributed by atoms with Crippen LogP contribution in [0.2, 0.25) is 0 Å². The minimum absolute atomic E-state index is 0.145. The highest BCUT2D eigenvalue weighted by Crippen LogP contribution is 2.33. The van der Waals surface area contributed by atoms with Crippen LogP contribution in [0.3, 0.4) is 0 Å². The minimum Gasteiger partial charge on any atom is -0.497 e. The number of rotatable bonds is 5. The molecule has 1 unspecified atom stereocenters. The number of thiophene rings is 1. The number of urea groups is 1. The van der Waals surface area contributed by atoms with Crippen molar-refractivity contribution in [2.45, 2.75) is 19.0 Å². The number of nitrogens with one attached hydrogen (secondary N) is 1. The summed E-state index contributed by atoms with van der Waals surface area (Å²) < 4.78 is 5.25. The van der Waals surface area contributed by atoms with Crippen molar-refractivity contribution in [2.24, 2.45) is 0 Å². The largest absolute Gasteiger partial charge is 0.497 e. The van der Waals surface area contributed by atoms with Crippen LogP contribution < -0.4 is 10.1 Å². The van der Waals surface area contributed by atoms with E-state index in [0.717, 1.165) is 21.2 Å². The van der Waals surface area contributed by atoms with Crippen molar-refractivity contribution in [3.05, 3.63) is 57.7 Å². The third kappa shape index (κ3) is 3.11. The van der Waals surface area contributed by atoms with Gasteiger partial charge in [-0.2, -0.15) is 0 Å². The summed E-state index contributed by atoms with van der Waals surface area (Å²) in [7, 11) is 1.62. The smallest absolute Gasteiger partial charge is 0.325 e. The number of ether oxygens (including phenoxy) is 1. The molecular weight excluding hydrogens is 382 g/mol. The Balaban J connectivity index is 1.55. The second kappa shape index (κ2) is 6.79. The van der Waals surface area contributed by atoms with Gasteiger partial charge in [0.05, 0.1) is 19.3 Å². The molecule has 0 bridgehead atoms. The zero-order valence-corrected chi connectivity index (χ0v) is 16.4. The van der Waals surface area contributed by atoms with E-state index in [1.807, 2.05) is 47.2 Å². The summed E-state index contributed by atoms with van der Waals surface area (Å²) >= 11 is 2.92. The van der Waals surface area contributed by atoms with Crippen LogP contribution in [-0.2, 0) is 16.9 Å². The van der Waals surface area contributed by atoms with Gasteiger partial charge in [-0.1, -0.05) is 18.2 Å². The van der Waals surface area contributed by atoms with E-state index in [1.54, 1.807) is 14.0 Å². The Morgan fingerprint density at radius 3 is 2.81 bits per heavy atom. The first-order chi connectivity index (χ1) is 13.0. The molecule has 3 aromatic rings. The van der Waals surface area contributed by atoms with Gasteiger partial charge in [-0.05, 0) is 30.5 Å². The number of hydrogen-bond acceptors (Lipinski definition) is 6. The van der Waals surface area contributed by atoms with E-state index in [9.17, 15) is 9.59 Å². The molecule has 1 saturated heterocycles. The number of carbonyl (C=O) groups excluding carboxylic acids is 2. The molecule has 1 aliphatic heterocycles. The maximum absolute atomic E-state index is 12.9. The maximum atomic E-state index is 12.9. The summed E-state index contributed by atoms with van der Waals surface area (Å²) in [5, 5.41) is 7.39. The van der Waals surface area contributed by atoms with Gasteiger partial charge in [0.25, 0.3) is 5.91 Å². The van der Waals surface area contributed by atoms with Crippen LogP contribution in [-0.4, -0.2) is 28.9 Å². The Kier molecular flexibility index (Phi) is 4.45. The lowest BCUT2D eigenvalue weighted by atomic mass is 10.0. The molecule has 27 heavy (non-hydrogen) atoms. The lowest BCUT2D eigenvalue weighted by molar-refractivity contribution is -0.131. The molecule has 1 fully saturated rings. The number of methoxy groups -OCH3 is 1. The molecule has 1 N–H and O–H groups in total. The maximum Gasteiger partial charge on any atom is 0.325 e. The van der Waals surface area contributed by atoms with Gasteiger partial charge in [-0.15, -0.1) is 22.7 Å². The number of benzene rings is 1. The lowest BCUT2D eigenvalue weighted by Gasteiger charge is -2.19. The van der Waals surface area contributed by atoms with Crippen molar-refractivity contribution in [1.82, 2.24) is 15.2 Å². The van der Waals surface area contributed by atoms with E-state index < -0.39 is 11.6 Å². The summed E-state index contributed by atoms with van der Waals surface area (Å²) in [5.41, 5.74) is 0.597. The highest BCUT2D eigenvalue weighted by molar-refractivity contribution is 7.13. The standard InChI is InChI=1S/C19H17N3O3S2/c1-19(15-7-4-8-26-15)17(23)22(18(24)21-19)10-13-11-27-16(20-13)12-5-3-6-14(9-12)25-2/h3-9,11H,10H2,1-2H3,(H,21,24). The number of hydrogen-bond donors (Lipinski definition) is 1. The second-order valence-electron chi connectivity index (χ2n) is 6.30. The van der Waals surface area contributed by atoms with Gasteiger partial charge in [0.15, 0.2) is 5.54 Å². The zero-order valence-electron chi connectivity index (χ0n) is 14.8. The van der Waals surface area contributed by atoms with E-state index in [1.165, 1.54) is 27.6 Å². The third-order valence-corrected chi connectivity index (χ3v) is 6.51. The molecule has 0 radical (unpaired) electrons. The molecule has 1 atom stereocenters. The quantitative estimate of drug-likeness (QED) is 0.662. The average Bonchev–Trinajstić information content (AvgIpc) is 3.40. The van der Waals surface area contributed by atoms with Crippen LogP contribution in [0.15, 0.2) is 47.2 Å². The van der Waals surface area contributed by atoms with Crippen LogP contribution >= 0.6 is 22.7 Å². The molecule has 2 aromatic heterocycles. The van der Waals surface area contributed by atoms with Gasteiger partial charge in [0, 0.05) is 15.8 Å². The number of amides is 3. The number of thiazole rings is 1. The fourth-order valence-corrected chi connectivity index (χ4v) is 4.64. The first kappa shape index (κ1) is 17.7. The highest BCUT2D eigenvalue weighted by atomic mass is 32.1. The fraction of sp³-hybridized carbons (Fsp3) is 0.211. The number of nitrogens with zero attached hydrogens (tertiary/aromatic N) is 2. The average molecular weight is 399 g/mol. The van der Waals surface area contributed by atoms with E-state index in [-0.39, 0.29) is 12.5 Å². The predicted molar refractivity (Wildman–Crippen MR) is 105 cm³/mol. The molecular formula is C19H17N3O3S2. The Hall–Kier alpha value is -2.71. The number of imide groups is 1. The van der Waals surface area contributed by atoms with E-state index in [4.69, 9.17) is 4.74 Å². The Bertz CT molecular complexity index is 999. The molecule has 6 nitrogen and oxygen atoms in total. The van der Waals surface area contributed by atoms with Gasteiger partial charge in [0.1, 0.15) is 10.8 Å². The monoisotopic (exact) mass is 399 g/mol. The van der Waals surface area contributed by atoms with Gasteiger partial charge >= 0.3 is 6.03 Å². The molecule has 0 aliphatic carbocycles. The second-order valence-corrected chi connectivity index (χ2v) is 8.11. The molecule has 1 aromatic carbocycles. The predicted octanol–water partition coefficient (Wildman–Crippen LogP) is 3.85. The number of carbonyl (C=O) groups is 2. The lowest BCUT2D eigenvalue weighted by Crippen LogP contribution is -2.40. The van der Waals surface area contributed by atoms with Crippen LogP contribution in [0.4, 0.5) is 4.79 Å². The molecule has 0 spiro atoms. The zero-order chi connectivity index (χ0) is 19.0. The van der Waals surface area contributed by atoms with Crippen molar-refractivity contribution in [2.75, 3.05) is 7.11 Å². The third-order valence-electron chi connectivity index (χ3n) is 4.48. The molecule has 3 heterocycles. The van der Waals surface area contributed by atoms with Crippen LogP contribution in [0.25, 0.3) is 10.6 Å². The Labute approximate surface area is 164 Å². The summed E-state index contributed by atoms with van der Waals surface area (Å²) in [6.45, 7) is 1.88. The Morgan fingerprint density at radius 2 is 2.07 bits per heavy atom. The van der Waals surface area contributed by atoms with Crippen LogP contribution in [0.1, 0.15) is 17.5 Å². The van der Waals surface area contributed by atoms with E-state index >= 15 is 0 Å². The van der Waals surface area contributed by atoms with E-state index in [2.05, 4.69) is 10.3 Å². The summed E-state index contributed by atoms with van der Waals surface area (Å²) in [5.74, 6) is 0.496. The SMILES string of the molecule is COc1cccc(-c2nc(CN3C(=O)NC(C)(c4cccs4)C3=O)cs2)c1. The normalized spacial score (nSPS) is 19.4. The molecule has 3 amide bonds. The highest BCUT2D eigenvalue weighted by Gasteiger charge is 2.49. The first-order valence-corrected chi connectivity index (χ1v) is 10.0. The first-order valence-electron chi connectivity index (χ1n) is 8.28. The molecule has 4 rings (SSSR count). The molecule has 0 saturated carbocycles. The fourth-order valence-electron chi connectivity index (χ4n) is 3.00. The van der Waals surface area contributed by atoms with Crippen LogP contribution in [0, 0.1) is 0 Å². The van der Waals surface area contributed by atoms with Crippen molar-refractivity contribution in [1.29, 1.82) is 0 Å². The number of aromatic nitrogens is 1. The summed E-state index contributed by atoms with van der Waals surface area (Å²) in [6.07, 6.45) is 0. The van der Waals surface area contributed by atoms with Gasteiger partial charge in [-0.25, -0.2) is 9.78 Å². The minimum atomic E-state index is -1.02. The molecule has 8 heteroatoms. The van der Waals surface area contributed by atoms with Crippen molar-refractivity contribution >= 4 is 34.6 Å². The molecule has 1 aliphatic rings. The summed E-state index contributed by atoms with van der Waals surface area (Å²) in [4.78, 5) is 32.0. The van der Waals surface area contributed by atoms with Crippen LogP contribution in [0.5, 0.6) is 5.75 Å². The van der Waals surface area contributed by atoms with Crippen molar-refractivity contribution in [3.8, 4) is 16.3 Å². The van der Waals surface area contributed by atoms with Crippen molar-refractivity contribution < 1.29 is 14.3 Å². The topological polar surface area (TPSA) is 71.5 Å². The Morgan fingerprint density at radius 1 is 1.22 bits per heavy atom. The van der Waals surface area contributed by atoms with Gasteiger partial charge < -0.3 is 10.1 Å². The molecule has 138 valence electrons. The van der Waals surface area contributed by atoms with Gasteiger partial charge in [0.2, 0.25) is 0 Å². The van der Waals surface area contributed by atoms with E-state index in [0.29, 0.717) is 5.69 Å². The summed E-state index contributed by atoms with van der Waals surface area (Å²) in [6, 6.07) is 11.0. The van der Waals surface area contributed by atoms with Gasteiger partial charge in [-0.3, -0.25) is 9.69 Å². The van der Waals surface area contributed by atoms with Crippen molar-refractivity contribution in [3.63, 3.8) is 0 Å².